The smallest absolute Gasteiger partial charge is 0.155 e. The van der Waals surface area contributed by atoms with Gasteiger partial charge < -0.3 is 9.64 Å². The number of fused-ring (bicyclic) bond motifs is 8. The molecule has 4 aromatic rings. The maximum atomic E-state index is 7.10. The summed E-state index contributed by atoms with van der Waals surface area (Å²) < 4.78 is 7.10. The zero-order valence-corrected chi connectivity index (χ0v) is 26.6. The zero-order chi connectivity index (χ0) is 29.6. The minimum Gasteiger partial charge on any atom is -0.455 e. The third kappa shape index (κ3) is 2.90. The molecule has 222 valence electrons. The maximum absolute atomic E-state index is 7.10. The van der Waals surface area contributed by atoms with Crippen molar-refractivity contribution < 1.29 is 4.74 Å². The van der Waals surface area contributed by atoms with Gasteiger partial charge in [0.25, 0.3) is 0 Å². The Hall–Kier alpha value is -3.52. The molecule has 6 unspecified atom stereocenters. The fraction of sp³-hybridized carbons (Fsp3) is 0.429. The molecule has 2 spiro atoms. The highest BCUT2D eigenvalue weighted by molar-refractivity contribution is 5.84. The summed E-state index contributed by atoms with van der Waals surface area (Å²) in [7, 11) is 0. The molecule has 0 N–H and O–H groups in total. The predicted molar refractivity (Wildman–Crippen MR) is 179 cm³/mol. The van der Waals surface area contributed by atoms with Crippen molar-refractivity contribution in [2.75, 3.05) is 4.90 Å². The summed E-state index contributed by atoms with van der Waals surface area (Å²) in [6, 6.07) is 34.4. The molecular weight excluding hydrogens is 534 g/mol. The fourth-order valence-corrected chi connectivity index (χ4v) is 12.0. The van der Waals surface area contributed by atoms with E-state index in [9.17, 15) is 0 Å². The first kappa shape index (κ1) is 25.8. The van der Waals surface area contributed by atoms with Crippen LogP contribution in [0.2, 0.25) is 0 Å². The average Bonchev–Trinajstić information content (AvgIpc) is 3.56. The SMILES string of the molecule is CC1(C)CCC(C)(C)c2cc(N(c3ccccc3)c3cccc4c3Oc3ccccc3C43C4CC5CC6CC3C64C5)ccc21. The van der Waals surface area contributed by atoms with Crippen LogP contribution in [0.1, 0.15) is 88.5 Å². The van der Waals surface area contributed by atoms with Crippen LogP contribution in [0.4, 0.5) is 17.1 Å². The van der Waals surface area contributed by atoms with Crippen LogP contribution in [0, 0.1) is 29.1 Å². The van der Waals surface area contributed by atoms with Gasteiger partial charge in [-0.05, 0) is 126 Å². The van der Waals surface area contributed by atoms with Crippen LogP contribution in [0.3, 0.4) is 0 Å². The molecule has 2 nitrogen and oxygen atoms in total. The second-order valence-corrected chi connectivity index (χ2v) is 16.5. The van der Waals surface area contributed by atoms with Gasteiger partial charge in [-0.3, -0.25) is 0 Å². The summed E-state index contributed by atoms with van der Waals surface area (Å²) in [6.07, 6.45) is 8.18. The van der Waals surface area contributed by atoms with E-state index in [1.807, 2.05) is 0 Å². The van der Waals surface area contributed by atoms with Crippen molar-refractivity contribution >= 4 is 17.1 Å². The molecule has 6 atom stereocenters. The molecule has 0 radical (unpaired) electrons. The highest BCUT2D eigenvalue weighted by atomic mass is 16.5. The number of rotatable bonds is 3. The van der Waals surface area contributed by atoms with Crippen LogP contribution in [-0.4, -0.2) is 0 Å². The monoisotopic (exact) mass is 577 g/mol. The Morgan fingerprint density at radius 2 is 1.36 bits per heavy atom. The van der Waals surface area contributed by atoms with Crippen LogP contribution in [0.25, 0.3) is 0 Å². The van der Waals surface area contributed by atoms with Crippen molar-refractivity contribution in [1.29, 1.82) is 0 Å². The normalized spacial score (nSPS) is 33.6. The minimum absolute atomic E-state index is 0.0794. The van der Waals surface area contributed by atoms with Gasteiger partial charge in [0.05, 0.1) is 5.69 Å². The summed E-state index contributed by atoms with van der Waals surface area (Å²) in [6.45, 7) is 9.69. The number of hydrogen-bond acceptors (Lipinski definition) is 2. The van der Waals surface area contributed by atoms with E-state index in [1.54, 1.807) is 0 Å². The summed E-state index contributed by atoms with van der Waals surface area (Å²) in [4.78, 5) is 2.48. The molecule has 44 heavy (non-hydrogen) atoms. The van der Waals surface area contributed by atoms with E-state index in [0.29, 0.717) is 5.41 Å². The molecule has 0 saturated heterocycles. The van der Waals surface area contributed by atoms with Crippen molar-refractivity contribution in [2.24, 2.45) is 29.1 Å². The largest absolute Gasteiger partial charge is 0.455 e. The Kier molecular flexibility index (Phi) is 4.80. The lowest BCUT2D eigenvalue weighted by Gasteiger charge is -2.77. The van der Waals surface area contributed by atoms with Crippen molar-refractivity contribution in [2.45, 2.75) is 82.5 Å². The number of anilines is 3. The van der Waals surface area contributed by atoms with Gasteiger partial charge in [0, 0.05) is 27.9 Å². The second-order valence-electron chi connectivity index (χ2n) is 16.5. The zero-order valence-electron chi connectivity index (χ0n) is 26.6. The van der Waals surface area contributed by atoms with Crippen LogP contribution in [0.5, 0.6) is 11.5 Å². The second kappa shape index (κ2) is 8.19. The van der Waals surface area contributed by atoms with E-state index < -0.39 is 0 Å². The fourth-order valence-electron chi connectivity index (χ4n) is 12.0. The van der Waals surface area contributed by atoms with Gasteiger partial charge in [0.1, 0.15) is 5.75 Å². The molecule has 4 fully saturated rings. The maximum Gasteiger partial charge on any atom is 0.155 e. The molecule has 0 aromatic heterocycles. The van der Waals surface area contributed by atoms with Crippen LogP contribution >= 0.6 is 0 Å². The molecule has 0 amide bonds. The summed E-state index contributed by atoms with van der Waals surface area (Å²) >= 11 is 0. The third-order valence-electron chi connectivity index (χ3n) is 13.8. The quantitative estimate of drug-likeness (QED) is 0.240. The summed E-state index contributed by atoms with van der Waals surface area (Å²) in [5.74, 6) is 5.54. The van der Waals surface area contributed by atoms with E-state index in [1.165, 1.54) is 72.2 Å². The number of hydrogen-bond donors (Lipinski definition) is 0. The topological polar surface area (TPSA) is 12.5 Å². The third-order valence-corrected chi connectivity index (χ3v) is 13.8. The van der Waals surface area contributed by atoms with Gasteiger partial charge in [0.2, 0.25) is 0 Å². The number of benzene rings is 4. The lowest BCUT2D eigenvalue weighted by molar-refractivity contribution is -0.235. The van der Waals surface area contributed by atoms with Gasteiger partial charge in [-0.2, -0.15) is 0 Å². The average molecular weight is 578 g/mol. The van der Waals surface area contributed by atoms with Crippen molar-refractivity contribution in [3.05, 3.63) is 113 Å². The Morgan fingerprint density at radius 3 is 2.18 bits per heavy atom. The Bertz CT molecular complexity index is 1850. The lowest BCUT2D eigenvalue weighted by atomic mass is 9.26. The number of para-hydroxylation sites is 3. The van der Waals surface area contributed by atoms with E-state index in [-0.39, 0.29) is 16.2 Å². The molecule has 10 rings (SSSR count). The van der Waals surface area contributed by atoms with E-state index in [0.717, 1.165) is 40.9 Å². The van der Waals surface area contributed by atoms with E-state index in [2.05, 4.69) is 124 Å². The Labute approximate surface area is 262 Å². The van der Waals surface area contributed by atoms with Crippen LogP contribution in [0.15, 0.2) is 91.0 Å². The van der Waals surface area contributed by atoms with Gasteiger partial charge in [-0.1, -0.05) is 82.3 Å². The van der Waals surface area contributed by atoms with E-state index >= 15 is 0 Å². The van der Waals surface area contributed by atoms with Gasteiger partial charge in [-0.25, -0.2) is 0 Å². The lowest BCUT2D eigenvalue weighted by Crippen LogP contribution is -2.74. The number of nitrogens with zero attached hydrogens (tertiary/aromatic N) is 1. The molecule has 1 heterocycles. The van der Waals surface area contributed by atoms with Crippen molar-refractivity contribution in [3.8, 4) is 11.5 Å². The van der Waals surface area contributed by atoms with Crippen molar-refractivity contribution in [3.63, 3.8) is 0 Å². The minimum atomic E-state index is 0.0794. The molecule has 6 aliphatic rings. The van der Waals surface area contributed by atoms with Gasteiger partial charge in [-0.15, -0.1) is 0 Å². The first-order valence-electron chi connectivity index (χ1n) is 17.2. The molecule has 4 saturated carbocycles. The molecule has 4 aromatic carbocycles. The highest BCUT2D eigenvalue weighted by Gasteiger charge is 2.84. The first-order valence-corrected chi connectivity index (χ1v) is 17.2. The molecule has 2 heteroatoms. The van der Waals surface area contributed by atoms with Gasteiger partial charge >= 0.3 is 0 Å². The molecule has 1 aliphatic heterocycles. The Morgan fingerprint density at radius 1 is 0.636 bits per heavy atom. The van der Waals surface area contributed by atoms with Gasteiger partial charge in [0.15, 0.2) is 5.75 Å². The number of ether oxygens (including phenoxy) is 1. The molecule has 5 aliphatic carbocycles. The molecular formula is C42H43NO. The van der Waals surface area contributed by atoms with Crippen LogP contribution < -0.4 is 9.64 Å². The molecule has 2 bridgehead atoms. The van der Waals surface area contributed by atoms with E-state index in [4.69, 9.17) is 4.74 Å². The Balaban J connectivity index is 1.20. The standard InChI is InChI=1S/C42H43NO/c1-39(2)19-20-40(3,4)33-24-29(17-18-30(33)39)43(28-11-6-5-7-12-28)34-15-10-14-32-38(34)44-35-16-9-8-13-31(35)42(32)36-22-26-21-27-23-37(42)41(27,36)25-26/h5-18,24,26-27,36-37H,19-23,25H2,1-4H3. The highest BCUT2D eigenvalue weighted by Crippen LogP contribution is 2.89. The van der Waals surface area contributed by atoms with Crippen LogP contribution in [-0.2, 0) is 16.2 Å². The first-order chi connectivity index (χ1) is 21.2. The summed E-state index contributed by atoms with van der Waals surface area (Å²) in [5.41, 5.74) is 10.5. The summed E-state index contributed by atoms with van der Waals surface area (Å²) in [5, 5.41) is 0. The predicted octanol–water partition coefficient (Wildman–Crippen LogP) is 11.0. The van der Waals surface area contributed by atoms with Crippen molar-refractivity contribution in [1.82, 2.24) is 0 Å².